The molecule has 0 aliphatic carbocycles. The molecule has 0 aliphatic heterocycles. The minimum absolute atomic E-state index is 0.592. The van der Waals surface area contributed by atoms with E-state index in [1.807, 2.05) is 35.1 Å². The lowest BCUT2D eigenvalue weighted by Gasteiger charge is -2.11. The summed E-state index contributed by atoms with van der Waals surface area (Å²) in [6.07, 6.45) is 6.91. The van der Waals surface area contributed by atoms with Crippen LogP contribution in [-0.2, 0) is 6.54 Å². The smallest absolute Gasteiger partial charge is 0.148 e. The van der Waals surface area contributed by atoms with E-state index in [2.05, 4.69) is 25.4 Å². The second kappa shape index (κ2) is 7.28. The second-order valence-electron chi connectivity index (χ2n) is 5.82. The minimum Gasteiger partial charge on any atom is -0.497 e. The fraction of sp³-hybridized carbons (Fsp3) is 0.158. The van der Waals surface area contributed by atoms with E-state index in [1.165, 1.54) is 6.33 Å². The summed E-state index contributed by atoms with van der Waals surface area (Å²) in [5, 5.41) is 8.46. The van der Waals surface area contributed by atoms with Crippen LogP contribution < -0.4 is 14.8 Å². The Kier molecular flexibility index (Phi) is 4.52. The van der Waals surface area contributed by atoms with Crippen LogP contribution in [0, 0.1) is 0 Å². The highest BCUT2D eigenvalue weighted by Gasteiger charge is 2.12. The van der Waals surface area contributed by atoms with Crippen molar-refractivity contribution in [2.75, 3.05) is 19.5 Å². The van der Waals surface area contributed by atoms with E-state index in [9.17, 15) is 0 Å². The van der Waals surface area contributed by atoms with Crippen molar-refractivity contribution in [1.29, 1.82) is 0 Å². The van der Waals surface area contributed by atoms with E-state index in [4.69, 9.17) is 9.47 Å². The molecule has 0 fully saturated rings. The van der Waals surface area contributed by atoms with Crippen LogP contribution in [-0.4, -0.2) is 39.0 Å². The quantitative estimate of drug-likeness (QED) is 0.564. The Morgan fingerprint density at radius 2 is 2.00 bits per heavy atom. The number of hydrogen-bond acceptors (Lipinski definition) is 7. The van der Waals surface area contributed by atoms with Crippen LogP contribution in [0.5, 0.6) is 11.5 Å². The normalized spacial score (nSPS) is 10.7. The largest absolute Gasteiger partial charge is 0.497 e. The molecule has 27 heavy (non-hydrogen) atoms. The summed E-state index contributed by atoms with van der Waals surface area (Å²) in [5.41, 5.74) is 2.46. The van der Waals surface area contributed by atoms with Gasteiger partial charge in [-0.3, -0.25) is 9.67 Å². The fourth-order valence-corrected chi connectivity index (χ4v) is 2.79. The number of nitrogens with one attached hydrogen (secondary N) is 1. The maximum Gasteiger partial charge on any atom is 0.148 e. The topological polar surface area (TPSA) is 87.0 Å². The van der Waals surface area contributed by atoms with Crippen LogP contribution in [0.3, 0.4) is 0 Å². The lowest BCUT2D eigenvalue weighted by Crippen LogP contribution is -2.01. The van der Waals surface area contributed by atoms with Gasteiger partial charge in [-0.05, 0) is 18.2 Å². The molecule has 0 atom stereocenters. The van der Waals surface area contributed by atoms with Crippen molar-refractivity contribution < 1.29 is 9.47 Å². The maximum atomic E-state index is 5.42. The molecular weight excluding hydrogens is 344 g/mol. The van der Waals surface area contributed by atoms with Crippen molar-refractivity contribution in [1.82, 2.24) is 24.7 Å². The van der Waals surface area contributed by atoms with Crippen molar-refractivity contribution in [2.24, 2.45) is 0 Å². The molecule has 136 valence electrons. The van der Waals surface area contributed by atoms with Gasteiger partial charge in [-0.25, -0.2) is 9.97 Å². The van der Waals surface area contributed by atoms with E-state index in [0.29, 0.717) is 29.4 Å². The highest BCUT2D eigenvalue weighted by molar-refractivity contribution is 5.95. The Morgan fingerprint density at radius 3 is 2.78 bits per heavy atom. The van der Waals surface area contributed by atoms with Crippen molar-refractivity contribution >= 4 is 22.4 Å². The summed E-state index contributed by atoms with van der Waals surface area (Å²) in [4.78, 5) is 13.0. The molecule has 0 saturated carbocycles. The molecule has 3 aromatic heterocycles. The maximum absolute atomic E-state index is 5.42. The summed E-state index contributed by atoms with van der Waals surface area (Å²) in [7, 11) is 3.21. The molecule has 4 aromatic rings. The molecule has 0 aliphatic rings. The third-order valence-corrected chi connectivity index (χ3v) is 4.08. The van der Waals surface area contributed by atoms with Gasteiger partial charge in [0.25, 0.3) is 0 Å². The van der Waals surface area contributed by atoms with Crippen molar-refractivity contribution in [3.63, 3.8) is 0 Å². The summed E-state index contributed by atoms with van der Waals surface area (Å²) in [5.74, 6) is 1.94. The monoisotopic (exact) mass is 362 g/mol. The molecular formula is C19H18N6O2. The van der Waals surface area contributed by atoms with Crippen LogP contribution in [0.2, 0.25) is 0 Å². The number of aromatic nitrogens is 5. The third-order valence-electron chi connectivity index (χ3n) is 4.08. The minimum atomic E-state index is 0.592. The summed E-state index contributed by atoms with van der Waals surface area (Å²) in [6, 6.07) is 9.48. The van der Waals surface area contributed by atoms with Gasteiger partial charge in [-0.1, -0.05) is 6.07 Å². The number of pyridine rings is 1. The molecule has 0 bridgehead atoms. The summed E-state index contributed by atoms with van der Waals surface area (Å²) in [6.45, 7) is 0.592. The van der Waals surface area contributed by atoms with Crippen LogP contribution in [0.4, 0.5) is 11.5 Å². The number of methoxy groups -OCH3 is 2. The van der Waals surface area contributed by atoms with Gasteiger partial charge in [-0.15, -0.1) is 0 Å². The van der Waals surface area contributed by atoms with E-state index in [1.54, 1.807) is 32.7 Å². The first-order valence-electron chi connectivity index (χ1n) is 8.33. The lowest BCUT2D eigenvalue weighted by atomic mass is 10.2. The van der Waals surface area contributed by atoms with Crippen molar-refractivity contribution in [3.05, 3.63) is 60.9 Å². The predicted octanol–water partition coefficient (Wildman–Crippen LogP) is 3.03. The number of hydrogen-bond donors (Lipinski definition) is 1. The predicted molar refractivity (Wildman–Crippen MR) is 101 cm³/mol. The zero-order valence-electron chi connectivity index (χ0n) is 15.0. The number of benzene rings is 1. The van der Waals surface area contributed by atoms with Crippen molar-refractivity contribution in [3.8, 4) is 11.5 Å². The van der Waals surface area contributed by atoms with Crippen molar-refractivity contribution in [2.45, 2.75) is 6.54 Å². The first-order valence-corrected chi connectivity index (χ1v) is 8.33. The Morgan fingerprint density at radius 1 is 1.07 bits per heavy atom. The summed E-state index contributed by atoms with van der Waals surface area (Å²) < 4.78 is 12.6. The molecule has 8 nitrogen and oxygen atoms in total. The Labute approximate surface area is 155 Å². The van der Waals surface area contributed by atoms with Crippen LogP contribution in [0.1, 0.15) is 5.69 Å². The van der Waals surface area contributed by atoms with E-state index in [-0.39, 0.29) is 0 Å². The van der Waals surface area contributed by atoms with Gasteiger partial charge in [0.1, 0.15) is 29.2 Å². The first-order chi connectivity index (χ1) is 13.3. The zero-order chi connectivity index (χ0) is 18.6. The number of rotatable bonds is 6. The highest BCUT2D eigenvalue weighted by Crippen LogP contribution is 2.33. The Bertz CT molecular complexity index is 1060. The average Bonchev–Trinajstić information content (AvgIpc) is 3.15. The molecule has 8 heteroatoms. The van der Waals surface area contributed by atoms with Gasteiger partial charge in [0.2, 0.25) is 0 Å². The number of anilines is 2. The standard InChI is InChI=1S/C19H18N6O2/c1-26-15-7-16-18(17(8-15)27-2)21-12-22-19(16)24-14-9-23-25(11-14)10-13-5-3-4-6-20-13/h3-9,11-12H,10H2,1-2H3,(H,21,22,24). The van der Waals surface area contributed by atoms with Gasteiger partial charge in [-0.2, -0.15) is 5.10 Å². The van der Waals surface area contributed by atoms with Gasteiger partial charge in [0.15, 0.2) is 0 Å². The molecule has 1 N–H and O–H groups in total. The van der Waals surface area contributed by atoms with Gasteiger partial charge in [0, 0.05) is 18.5 Å². The van der Waals surface area contributed by atoms with Gasteiger partial charge in [0.05, 0.1) is 43.7 Å². The number of ether oxygens (including phenoxy) is 2. The van der Waals surface area contributed by atoms with Gasteiger partial charge < -0.3 is 14.8 Å². The average molecular weight is 362 g/mol. The molecule has 0 amide bonds. The molecule has 1 aromatic carbocycles. The van der Waals surface area contributed by atoms with Crippen LogP contribution in [0.25, 0.3) is 10.9 Å². The molecule has 3 heterocycles. The summed E-state index contributed by atoms with van der Waals surface area (Å²) >= 11 is 0. The molecule has 4 rings (SSSR count). The Hall–Kier alpha value is -3.68. The molecule has 0 unspecified atom stereocenters. The van der Waals surface area contributed by atoms with Gasteiger partial charge >= 0.3 is 0 Å². The molecule has 0 spiro atoms. The van der Waals surface area contributed by atoms with E-state index >= 15 is 0 Å². The van der Waals surface area contributed by atoms with Crippen LogP contribution >= 0.6 is 0 Å². The third kappa shape index (κ3) is 3.50. The molecule has 0 saturated heterocycles. The lowest BCUT2D eigenvalue weighted by molar-refractivity contribution is 0.397. The first kappa shape index (κ1) is 16.8. The SMILES string of the molecule is COc1cc(OC)c2ncnc(Nc3cnn(Cc4ccccn4)c3)c2c1. The number of nitrogens with zero attached hydrogens (tertiary/aromatic N) is 5. The Balaban J connectivity index is 1.64. The zero-order valence-corrected chi connectivity index (χ0v) is 15.0. The highest BCUT2D eigenvalue weighted by atomic mass is 16.5. The van der Waals surface area contributed by atoms with E-state index in [0.717, 1.165) is 16.8 Å². The van der Waals surface area contributed by atoms with E-state index < -0.39 is 0 Å². The van der Waals surface area contributed by atoms with Crippen LogP contribution in [0.15, 0.2) is 55.2 Å². The second-order valence-corrected chi connectivity index (χ2v) is 5.82. The number of fused-ring (bicyclic) bond motifs is 1. The molecule has 0 radical (unpaired) electrons. The fourth-order valence-electron chi connectivity index (χ4n) is 2.79.